The van der Waals surface area contributed by atoms with Gasteiger partial charge in [0.25, 0.3) is 0 Å². The summed E-state index contributed by atoms with van der Waals surface area (Å²) < 4.78 is 14.2. The molecular weight excluding hydrogens is 229 g/mol. The number of halogens is 1. The summed E-state index contributed by atoms with van der Waals surface area (Å²) in [5.74, 6) is -0.433. The van der Waals surface area contributed by atoms with E-state index in [2.05, 4.69) is 5.10 Å². The molecule has 0 saturated heterocycles. The summed E-state index contributed by atoms with van der Waals surface area (Å²) in [4.78, 5) is 11.0. The fourth-order valence-corrected chi connectivity index (χ4v) is 1.79. The van der Waals surface area contributed by atoms with E-state index < -0.39 is 5.82 Å². The lowest BCUT2D eigenvalue weighted by molar-refractivity contribution is 0.616. The van der Waals surface area contributed by atoms with Gasteiger partial charge in [-0.05, 0) is 23.8 Å². The normalized spacial score (nSPS) is 10.0. The second-order valence-electron chi connectivity index (χ2n) is 3.08. The van der Waals surface area contributed by atoms with Crippen LogP contribution in [-0.2, 0) is 6.54 Å². The van der Waals surface area contributed by atoms with Crippen molar-refractivity contribution < 1.29 is 4.39 Å². The van der Waals surface area contributed by atoms with Crippen molar-refractivity contribution in [3.8, 4) is 6.07 Å². The molecule has 0 aliphatic carbocycles. The second-order valence-corrected chi connectivity index (χ2v) is 3.87. The molecule has 1 heterocycles. The van der Waals surface area contributed by atoms with Crippen LogP contribution in [0.1, 0.15) is 11.1 Å². The van der Waals surface area contributed by atoms with E-state index in [0.29, 0.717) is 11.1 Å². The first-order valence-corrected chi connectivity index (χ1v) is 5.28. The zero-order valence-electron chi connectivity index (χ0n) is 8.05. The van der Waals surface area contributed by atoms with E-state index in [-0.39, 0.29) is 11.4 Å². The Morgan fingerprint density at radius 1 is 1.56 bits per heavy atom. The van der Waals surface area contributed by atoms with E-state index in [9.17, 15) is 9.18 Å². The highest BCUT2D eigenvalue weighted by molar-refractivity contribution is 7.06. The Labute approximate surface area is 94.2 Å². The van der Waals surface area contributed by atoms with Gasteiger partial charge in [-0.2, -0.15) is 10.4 Å². The maximum absolute atomic E-state index is 13.0. The number of rotatable bonds is 2. The Kier molecular flexibility index (Phi) is 2.79. The van der Waals surface area contributed by atoms with Gasteiger partial charge in [0.1, 0.15) is 11.3 Å². The van der Waals surface area contributed by atoms with Gasteiger partial charge in [0.05, 0.1) is 18.2 Å². The number of hydrogen-bond acceptors (Lipinski definition) is 4. The van der Waals surface area contributed by atoms with E-state index in [4.69, 9.17) is 5.26 Å². The van der Waals surface area contributed by atoms with Gasteiger partial charge in [-0.25, -0.2) is 9.07 Å². The molecule has 1 aromatic carbocycles. The van der Waals surface area contributed by atoms with Crippen LogP contribution in [0.15, 0.2) is 28.5 Å². The quantitative estimate of drug-likeness (QED) is 0.789. The number of nitrogens with zero attached hydrogens (tertiary/aromatic N) is 3. The molecule has 4 nitrogen and oxygen atoms in total. The summed E-state index contributed by atoms with van der Waals surface area (Å²) >= 11 is 0.961. The minimum atomic E-state index is -0.433. The van der Waals surface area contributed by atoms with Crippen molar-refractivity contribution in [2.45, 2.75) is 6.54 Å². The fourth-order valence-electron chi connectivity index (χ4n) is 1.30. The first-order valence-electron chi connectivity index (χ1n) is 4.40. The van der Waals surface area contributed by atoms with E-state index in [1.54, 1.807) is 0 Å². The number of nitriles is 1. The summed E-state index contributed by atoms with van der Waals surface area (Å²) in [6.45, 7) is 0.114. The highest BCUT2D eigenvalue weighted by Gasteiger charge is 2.06. The summed E-state index contributed by atoms with van der Waals surface area (Å²) in [6, 6.07) is 5.79. The van der Waals surface area contributed by atoms with Gasteiger partial charge in [0.2, 0.25) is 0 Å². The lowest BCUT2D eigenvalue weighted by Gasteiger charge is -2.03. The molecule has 0 aliphatic heterocycles. The average molecular weight is 235 g/mol. The van der Waals surface area contributed by atoms with E-state index in [0.717, 1.165) is 11.3 Å². The number of hydrogen-bond donors (Lipinski definition) is 0. The van der Waals surface area contributed by atoms with Crippen molar-refractivity contribution >= 4 is 11.3 Å². The molecule has 0 amide bonds. The molecule has 0 spiro atoms. The third-order valence-electron chi connectivity index (χ3n) is 2.06. The predicted octanol–water partition coefficient (Wildman–Crippen LogP) is 1.36. The van der Waals surface area contributed by atoms with Gasteiger partial charge in [0.15, 0.2) is 0 Å². The van der Waals surface area contributed by atoms with Crippen LogP contribution in [0.25, 0.3) is 0 Å². The summed E-state index contributed by atoms with van der Waals surface area (Å²) in [6.07, 6.45) is 0. The van der Waals surface area contributed by atoms with Gasteiger partial charge in [-0.15, -0.1) is 0 Å². The van der Waals surface area contributed by atoms with Gasteiger partial charge in [-0.3, -0.25) is 4.79 Å². The maximum Gasteiger partial charge on any atom is 0.325 e. The lowest BCUT2D eigenvalue weighted by atomic mass is 10.1. The first kappa shape index (κ1) is 10.5. The smallest absolute Gasteiger partial charge is 0.255 e. The first-order chi connectivity index (χ1) is 7.70. The van der Waals surface area contributed by atoms with Crippen molar-refractivity contribution in [3.05, 3.63) is 50.3 Å². The lowest BCUT2D eigenvalue weighted by Crippen LogP contribution is -2.16. The van der Waals surface area contributed by atoms with E-state index in [1.165, 1.54) is 28.4 Å². The number of benzene rings is 1. The second kappa shape index (κ2) is 4.24. The Hall–Kier alpha value is -2.00. The molecule has 0 aliphatic rings. The van der Waals surface area contributed by atoms with Gasteiger partial charge in [0, 0.05) is 0 Å². The third kappa shape index (κ3) is 1.99. The molecule has 1 aromatic heterocycles. The van der Waals surface area contributed by atoms with Crippen LogP contribution in [0, 0.1) is 17.1 Å². The molecule has 2 rings (SSSR count). The van der Waals surface area contributed by atoms with Crippen LogP contribution in [0.2, 0.25) is 0 Å². The maximum atomic E-state index is 13.0. The van der Waals surface area contributed by atoms with Crippen LogP contribution in [0.5, 0.6) is 0 Å². The zero-order valence-corrected chi connectivity index (χ0v) is 8.87. The minimum Gasteiger partial charge on any atom is -0.255 e. The molecule has 0 saturated carbocycles. The highest BCUT2D eigenvalue weighted by Crippen LogP contribution is 2.11. The topological polar surface area (TPSA) is 58.7 Å². The molecule has 0 atom stereocenters. The number of aromatic nitrogens is 2. The fraction of sp³-hybridized carbons (Fsp3) is 0.100. The average Bonchev–Trinajstić information content (AvgIpc) is 2.65. The zero-order chi connectivity index (χ0) is 11.5. The SMILES string of the molecule is N#Cc1ccc(F)cc1Cn1ncsc1=O. The Morgan fingerprint density at radius 2 is 2.38 bits per heavy atom. The Morgan fingerprint density at radius 3 is 3.00 bits per heavy atom. The Balaban J connectivity index is 2.42. The van der Waals surface area contributed by atoms with Crippen molar-refractivity contribution in [2.24, 2.45) is 0 Å². The molecule has 0 radical (unpaired) electrons. The van der Waals surface area contributed by atoms with Crippen LogP contribution >= 0.6 is 11.3 Å². The third-order valence-corrected chi connectivity index (χ3v) is 2.67. The van der Waals surface area contributed by atoms with Crippen LogP contribution in [0.3, 0.4) is 0 Å². The van der Waals surface area contributed by atoms with Crippen LogP contribution in [0.4, 0.5) is 4.39 Å². The molecule has 0 N–H and O–H groups in total. The predicted molar refractivity (Wildman–Crippen MR) is 56.6 cm³/mol. The molecule has 0 bridgehead atoms. The summed E-state index contributed by atoms with van der Waals surface area (Å²) in [5, 5.41) is 12.6. The van der Waals surface area contributed by atoms with Crippen molar-refractivity contribution in [1.29, 1.82) is 5.26 Å². The molecule has 80 valence electrons. The van der Waals surface area contributed by atoms with Crippen LogP contribution in [-0.4, -0.2) is 9.78 Å². The largest absolute Gasteiger partial charge is 0.325 e. The van der Waals surface area contributed by atoms with Gasteiger partial charge >= 0.3 is 4.87 Å². The van der Waals surface area contributed by atoms with E-state index in [1.807, 2.05) is 6.07 Å². The molecule has 0 unspecified atom stereocenters. The van der Waals surface area contributed by atoms with Crippen LogP contribution < -0.4 is 4.87 Å². The monoisotopic (exact) mass is 235 g/mol. The summed E-state index contributed by atoms with van der Waals surface area (Å²) in [5.41, 5.74) is 2.21. The molecule has 2 aromatic rings. The van der Waals surface area contributed by atoms with Gasteiger partial charge < -0.3 is 0 Å². The summed E-state index contributed by atoms with van der Waals surface area (Å²) in [7, 11) is 0. The van der Waals surface area contributed by atoms with Crippen molar-refractivity contribution in [3.63, 3.8) is 0 Å². The molecule has 16 heavy (non-hydrogen) atoms. The minimum absolute atomic E-state index is 0.114. The molecule has 0 fully saturated rings. The van der Waals surface area contributed by atoms with Gasteiger partial charge in [-0.1, -0.05) is 11.3 Å². The standard InChI is InChI=1S/C10H6FN3OS/c11-9-2-1-7(4-12)8(3-9)5-14-10(15)16-6-13-14/h1-3,6H,5H2. The Bertz CT molecular complexity index is 611. The van der Waals surface area contributed by atoms with E-state index >= 15 is 0 Å². The molecule has 6 heteroatoms. The van der Waals surface area contributed by atoms with Crippen molar-refractivity contribution in [2.75, 3.05) is 0 Å². The molecular formula is C10H6FN3OS. The highest BCUT2D eigenvalue weighted by atomic mass is 32.1. The van der Waals surface area contributed by atoms with Crippen molar-refractivity contribution in [1.82, 2.24) is 9.78 Å².